The first kappa shape index (κ1) is 43.0. The summed E-state index contributed by atoms with van der Waals surface area (Å²) >= 11 is 0. The zero-order valence-corrected chi connectivity index (χ0v) is 33.0. The first-order valence-electron chi connectivity index (χ1n) is 18.0. The van der Waals surface area contributed by atoms with Gasteiger partial charge in [-0.15, -0.1) is 4.99 Å². The molecule has 3 rings (SSSR count). The van der Waals surface area contributed by atoms with Crippen LogP contribution in [0.1, 0.15) is 96.6 Å². The van der Waals surface area contributed by atoms with Crippen LogP contribution in [0.15, 0.2) is 63.2 Å². The van der Waals surface area contributed by atoms with E-state index in [2.05, 4.69) is 27.9 Å². The van der Waals surface area contributed by atoms with E-state index in [1.807, 2.05) is 43.0 Å². The molecular formula is C38H56N4O8S2. The van der Waals surface area contributed by atoms with Crippen LogP contribution in [0.3, 0.4) is 0 Å². The minimum Gasteiger partial charge on any atom is -0.506 e. The molecule has 1 heterocycles. The smallest absolute Gasteiger partial charge is 0.267 e. The third-order valence-electron chi connectivity index (χ3n) is 9.34. The Kier molecular flexibility index (Phi) is 17.2. The summed E-state index contributed by atoms with van der Waals surface area (Å²) in [5.74, 6) is -0.372. The molecule has 0 spiro atoms. The van der Waals surface area contributed by atoms with Crippen LogP contribution in [0, 0.1) is 0 Å². The summed E-state index contributed by atoms with van der Waals surface area (Å²) in [4.78, 5) is 27.1. The largest absolute Gasteiger partial charge is 0.506 e. The van der Waals surface area contributed by atoms with Gasteiger partial charge in [0.25, 0.3) is 15.7 Å². The quantitative estimate of drug-likeness (QED) is 0.0303. The van der Waals surface area contributed by atoms with E-state index >= 15 is 0 Å². The number of allylic oxidation sites excluding steroid dienone is 1. The van der Waals surface area contributed by atoms with Crippen molar-refractivity contribution in [1.82, 2.24) is 9.45 Å². The molecule has 0 aliphatic rings. The fourth-order valence-electron chi connectivity index (χ4n) is 6.09. The highest BCUT2D eigenvalue weighted by atomic mass is 32.2. The Morgan fingerprint density at radius 1 is 1.02 bits per heavy atom. The van der Waals surface area contributed by atoms with Gasteiger partial charge in [0.15, 0.2) is 11.0 Å². The van der Waals surface area contributed by atoms with Gasteiger partial charge in [-0.05, 0) is 67.3 Å². The number of hydrogen-bond acceptors (Lipinski definition) is 10. The van der Waals surface area contributed by atoms with E-state index in [4.69, 9.17) is 10.2 Å². The van der Waals surface area contributed by atoms with Gasteiger partial charge in [0.05, 0.1) is 28.8 Å². The molecule has 288 valence electrons. The van der Waals surface area contributed by atoms with Gasteiger partial charge in [0.1, 0.15) is 5.75 Å². The van der Waals surface area contributed by atoms with Crippen molar-refractivity contribution < 1.29 is 32.2 Å². The van der Waals surface area contributed by atoms with Crippen LogP contribution in [-0.2, 0) is 42.7 Å². The second-order valence-corrected chi connectivity index (χ2v) is 16.4. The number of aromatic nitrogens is 1. The molecule has 1 atom stereocenters. The number of benzene rings is 2. The molecule has 0 saturated carbocycles. The second-order valence-electron chi connectivity index (χ2n) is 13.4. The molecule has 14 heteroatoms. The van der Waals surface area contributed by atoms with Crippen LogP contribution in [0.5, 0.6) is 5.75 Å². The molecule has 2 aromatic carbocycles. The number of nitrogens with zero attached hydrogens (tertiary/aromatic N) is 3. The molecule has 3 aromatic rings. The van der Waals surface area contributed by atoms with Crippen molar-refractivity contribution in [3.63, 3.8) is 0 Å². The topological polar surface area (TPSA) is 160 Å². The summed E-state index contributed by atoms with van der Waals surface area (Å²) in [6.45, 7) is 10.2. The maximum Gasteiger partial charge on any atom is 0.267 e. The van der Waals surface area contributed by atoms with Crippen LogP contribution in [-0.4, -0.2) is 65.8 Å². The predicted octanol–water partition coefficient (Wildman–Crippen LogP) is 7.03. The summed E-state index contributed by atoms with van der Waals surface area (Å²) in [7, 11) is -2.74. The van der Waals surface area contributed by atoms with Crippen molar-refractivity contribution in [1.29, 1.82) is 0 Å². The number of unbranched alkanes of at least 4 members (excludes halogenated alkanes) is 6. The van der Waals surface area contributed by atoms with E-state index in [1.165, 1.54) is 44.6 Å². The molecule has 0 fully saturated rings. The maximum atomic E-state index is 13.8. The third-order valence-corrected chi connectivity index (χ3v) is 11.5. The lowest BCUT2D eigenvalue weighted by Crippen LogP contribution is -2.29. The summed E-state index contributed by atoms with van der Waals surface area (Å²) in [6.07, 6.45) is 12.6. The molecule has 0 saturated heterocycles. The van der Waals surface area contributed by atoms with Crippen LogP contribution in [0.4, 0.5) is 5.69 Å². The number of hydrogen-bond donors (Lipinski definition) is 3. The lowest BCUT2D eigenvalue weighted by molar-refractivity contribution is -0.267. The summed E-state index contributed by atoms with van der Waals surface area (Å²) in [5, 5.41) is 20.8. The van der Waals surface area contributed by atoms with Crippen molar-refractivity contribution in [3.8, 4) is 5.75 Å². The van der Waals surface area contributed by atoms with Crippen molar-refractivity contribution in [2.24, 2.45) is 12.0 Å². The molecule has 3 N–H and O–H groups in total. The number of anilines is 1. The number of aromatic hydroxyl groups is 1. The molecule has 0 radical (unpaired) electrons. The van der Waals surface area contributed by atoms with E-state index in [9.17, 15) is 22.5 Å². The minimum atomic E-state index is -3.68. The Bertz CT molecular complexity index is 1860. The van der Waals surface area contributed by atoms with Gasteiger partial charge in [0, 0.05) is 48.9 Å². The number of pyridine rings is 1. The Balaban J connectivity index is 2.05. The van der Waals surface area contributed by atoms with Gasteiger partial charge < -0.3 is 14.6 Å². The van der Waals surface area contributed by atoms with Crippen molar-refractivity contribution in [3.05, 3.63) is 70.0 Å². The highest BCUT2D eigenvalue weighted by Crippen LogP contribution is 2.32. The van der Waals surface area contributed by atoms with Gasteiger partial charge >= 0.3 is 0 Å². The summed E-state index contributed by atoms with van der Waals surface area (Å²) in [6, 6.07) is 12.7. The predicted molar refractivity (Wildman–Crippen MR) is 211 cm³/mol. The summed E-state index contributed by atoms with van der Waals surface area (Å²) < 4.78 is 42.5. The first-order chi connectivity index (χ1) is 24.8. The zero-order valence-electron chi connectivity index (χ0n) is 31.4. The van der Waals surface area contributed by atoms with E-state index in [0.717, 1.165) is 38.7 Å². The average Bonchev–Trinajstić information content (AvgIpc) is 3.13. The molecule has 0 amide bonds. The molecular weight excluding hydrogens is 705 g/mol. The van der Waals surface area contributed by atoms with E-state index in [0.29, 0.717) is 27.1 Å². The lowest BCUT2D eigenvalue weighted by atomic mass is 9.79. The zero-order chi connectivity index (χ0) is 38.3. The van der Waals surface area contributed by atoms with Gasteiger partial charge in [-0.3, -0.25) is 14.0 Å². The van der Waals surface area contributed by atoms with E-state index in [1.54, 1.807) is 35.9 Å². The Labute approximate surface area is 311 Å². The van der Waals surface area contributed by atoms with Crippen LogP contribution in [0.25, 0.3) is 17.0 Å². The van der Waals surface area contributed by atoms with Gasteiger partial charge in [-0.1, -0.05) is 83.2 Å². The van der Waals surface area contributed by atoms with E-state index < -0.39 is 26.5 Å². The highest BCUT2D eigenvalue weighted by Gasteiger charge is 2.27. The Morgan fingerprint density at radius 3 is 2.31 bits per heavy atom. The summed E-state index contributed by atoms with van der Waals surface area (Å²) in [5.41, 5.74) is 1.69. The molecule has 1 unspecified atom stereocenters. The van der Waals surface area contributed by atoms with Crippen LogP contribution < -0.4 is 15.3 Å². The number of aryl methyl sites for hydroxylation is 1. The highest BCUT2D eigenvalue weighted by molar-refractivity contribution is 7.86. The van der Waals surface area contributed by atoms with E-state index in [-0.39, 0.29) is 35.6 Å². The fraction of sp³-hybridized carbons (Fsp3) is 0.526. The number of fused-ring (bicyclic) bond motifs is 1. The molecule has 52 heavy (non-hydrogen) atoms. The second kappa shape index (κ2) is 20.7. The standard InChI is InChI=1S/C38H56N4O8S2/c1-7-9-11-13-24-42(25-14-12-10-8-2)30-19-20-32-34(28-30)41(5)37(44)33(36(32)43)21-22-35(39-23-16-26-52(47,48)49-6)38(3,4)29-17-15-18-31(27-29)51(46)40-50-45/h15,17-22,27-28,40,43,45H,7-14,16,23-26H2,1-6H3/b22-21+,39-35?. The normalized spacial score (nSPS) is 13.3. The van der Waals surface area contributed by atoms with Gasteiger partial charge in [0.2, 0.25) is 0 Å². The lowest BCUT2D eigenvalue weighted by Gasteiger charge is -2.27. The average molecular weight is 761 g/mol. The Morgan fingerprint density at radius 2 is 1.69 bits per heavy atom. The molecule has 0 aliphatic heterocycles. The third kappa shape index (κ3) is 11.8. The molecule has 0 bridgehead atoms. The van der Waals surface area contributed by atoms with Crippen molar-refractivity contribution >= 4 is 49.5 Å². The van der Waals surface area contributed by atoms with Crippen molar-refractivity contribution in [2.75, 3.05) is 37.4 Å². The number of aliphatic imine (C=N–C) groups is 1. The minimum absolute atomic E-state index is 0.0864. The molecule has 0 aliphatic carbocycles. The van der Waals surface area contributed by atoms with Crippen LogP contribution >= 0.6 is 0 Å². The molecule has 12 nitrogen and oxygen atoms in total. The van der Waals surface area contributed by atoms with Gasteiger partial charge in [-0.2, -0.15) is 8.42 Å². The number of nitrogens with one attached hydrogen (secondary N) is 1. The molecule has 1 aromatic heterocycles. The van der Waals surface area contributed by atoms with Crippen molar-refractivity contribution in [2.45, 2.75) is 95.8 Å². The first-order valence-corrected chi connectivity index (χ1v) is 20.7. The Hall–Kier alpha value is -3.40. The van der Waals surface area contributed by atoms with Crippen LogP contribution in [0.2, 0.25) is 0 Å². The number of rotatable bonds is 23. The SMILES string of the molecule is CCCCCCN(CCCCCC)c1ccc2c(O)c(/C=C/C(=NCCCS(=O)(=O)OC)C(C)(C)c3cccc(S(=O)NOO)c3)c(=O)n(C)c2c1. The van der Waals surface area contributed by atoms with Gasteiger partial charge in [-0.25, -0.2) is 9.47 Å². The fourth-order valence-corrected chi connectivity index (χ4v) is 7.33. The monoisotopic (exact) mass is 760 g/mol. The maximum absolute atomic E-state index is 13.8.